The second kappa shape index (κ2) is 6.95. The van der Waals surface area contributed by atoms with Crippen LogP contribution in [0.2, 0.25) is 0 Å². The minimum atomic E-state index is -0.599. The van der Waals surface area contributed by atoms with Crippen molar-refractivity contribution < 1.29 is 14.4 Å². The molecule has 2 aromatic carbocycles. The first-order valence-electron chi connectivity index (χ1n) is 6.19. The fraction of sp³-hybridized carbons (Fsp3) is 0.0625. The molecule has 0 aromatic heterocycles. The highest BCUT2D eigenvalue weighted by Gasteiger charge is 2.12. The SMILES string of the molecule is C/C(=N\OC(=O)c1ccccc1)C(=O)c1ccc(Br)cc1. The first kappa shape index (κ1) is 15.1. The average molecular weight is 346 g/mol. The van der Waals surface area contributed by atoms with E-state index in [0.29, 0.717) is 11.1 Å². The highest BCUT2D eigenvalue weighted by Crippen LogP contribution is 2.11. The number of benzene rings is 2. The molecule has 106 valence electrons. The zero-order valence-electron chi connectivity index (χ0n) is 11.2. The lowest BCUT2D eigenvalue weighted by Gasteiger charge is -2.01. The van der Waals surface area contributed by atoms with Crippen molar-refractivity contribution in [2.75, 3.05) is 0 Å². The summed E-state index contributed by atoms with van der Waals surface area (Å²) >= 11 is 3.30. The Balaban J connectivity index is 2.05. The molecule has 0 unspecified atom stereocenters. The average Bonchev–Trinajstić information content (AvgIpc) is 2.53. The van der Waals surface area contributed by atoms with E-state index in [0.717, 1.165) is 4.47 Å². The Morgan fingerprint density at radius 1 is 0.952 bits per heavy atom. The minimum absolute atomic E-state index is 0.113. The van der Waals surface area contributed by atoms with Crippen molar-refractivity contribution in [3.63, 3.8) is 0 Å². The zero-order chi connectivity index (χ0) is 15.2. The normalized spacial score (nSPS) is 11.0. The monoisotopic (exact) mass is 345 g/mol. The van der Waals surface area contributed by atoms with Crippen LogP contribution >= 0.6 is 15.9 Å². The Morgan fingerprint density at radius 3 is 2.19 bits per heavy atom. The molecule has 21 heavy (non-hydrogen) atoms. The summed E-state index contributed by atoms with van der Waals surface area (Å²) in [6.07, 6.45) is 0. The van der Waals surface area contributed by atoms with E-state index in [9.17, 15) is 9.59 Å². The second-order valence-corrected chi connectivity index (χ2v) is 5.17. The molecule has 0 spiro atoms. The molecule has 0 saturated carbocycles. The molecule has 0 aliphatic carbocycles. The molecule has 0 aliphatic heterocycles. The Bertz CT molecular complexity index is 678. The highest BCUT2D eigenvalue weighted by atomic mass is 79.9. The zero-order valence-corrected chi connectivity index (χ0v) is 12.8. The topological polar surface area (TPSA) is 55.7 Å². The molecule has 0 saturated heterocycles. The summed E-state index contributed by atoms with van der Waals surface area (Å²) < 4.78 is 0.879. The van der Waals surface area contributed by atoms with Gasteiger partial charge in [0.15, 0.2) is 0 Å². The summed E-state index contributed by atoms with van der Waals surface area (Å²) in [4.78, 5) is 28.5. The number of halogens is 1. The van der Waals surface area contributed by atoms with Crippen LogP contribution in [0.15, 0.2) is 64.2 Å². The van der Waals surface area contributed by atoms with Crippen LogP contribution in [0.25, 0.3) is 0 Å². The predicted molar refractivity (Wildman–Crippen MR) is 83.4 cm³/mol. The van der Waals surface area contributed by atoms with E-state index in [2.05, 4.69) is 21.1 Å². The fourth-order valence-corrected chi connectivity index (χ4v) is 1.85. The van der Waals surface area contributed by atoms with E-state index >= 15 is 0 Å². The first-order valence-corrected chi connectivity index (χ1v) is 6.98. The number of hydrogen-bond acceptors (Lipinski definition) is 4. The largest absolute Gasteiger partial charge is 0.365 e. The van der Waals surface area contributed by atoms with E-state index in [-0.39, 0.29) is 11.5 Å². The molecule has 0 bridgehead atoms. The second-order valence-electron chi connectivity index (χ2n) is 4.26. The summed E-state index contributed by atoms with van der Waals surface area (Å²) in [5.74, 6) is -0.887. The Hall–Kier alpha value is -2.27. The smallest absolute Gasteiger partial charge is 0.312 e. The van der Waals surface area contributed by atoms with E-state index in [4.69, 9.17) is 4.84 Å². The van der Waals surface area contributed by atoms with Gasteiger partial charge in [0.25, 0.3) is 0 Å². The van der Waals surface area contributed by atoms with E-state index < -0.39 is 5.97 Å². The van der Waals surface area contributed by atoms with Crippen LogP contribution in [-0.4, -0.2) is 17.5 Å². The summed E-state index contributed by atoms with van der Waals surface area (Å²) in [5.41, 5.74) is 0.974. The standard InChI is InChI=1S/C16H12BrNO3/c1-11(15(19)12-7-9-14(17)10-8-12)18-21-16(20)13-5-3-2-4-6-13/h2-10H,1H3/b18-11+. The number of carbonyl (C=O) groups is 2. The van der Waals surface area contributed by atoms with Crippen LogP contribution in [0.5, 0.6) is 0 Å². The van der Waals surface area contributed by atoms with Crippen LogP contribution in [0.3, 0.4) is 0 Å². The van der Waals surface area contributed by atoms with Gasteiger partial charge in [0.1, 0.15) is 5.71 Å². The molecule has 0 heterocycles. The van der Waals surface area contributed by atoms with Gasteiger partial charge in [-0.15, -0.1) is 0 Å². The third-order valence-corrected chi connectivity index (χ3v) is 3.24. The molecule has 0 radical (unpaired) electrons. The number of ketones is 1. The number of nitrogens with zero attached hydrogens (tertiary/aromatic N) is 1. The molecule has 5 heteroatoms. The van der Waals surface area contributed by atoms with E-state index in [1.807, 2.05) is 0 Å². The molecule has 2 rings (SSSR count). The fourth-order valence-electron chi connectivity index (χ4n) is 1.59. The molecule has 0 amide bonds. The molecule has 0 N–H and O–H groups in total. The van der Waals surface area contributed by atoms with Crippen molar-refractivity contribution in [3.05, 3.63) is 70.2 Å². The van der Waals surface area contributed by atoms with Crippen LogP contribution in [0.1, 0.15) is 27.6 Å². The molecule has 0 fully saturated rings. The maximum absolute atomic E-state index is 12.1. The summed E-state index contributed by atoms with van der Waals surface area (Å²) in [5, 5.41) is 3.61. The van der Waals surface area contributed by atoms with Gasteiger partial charge in [-0.05, 0) is 43.3 Å². The number of oxime groups is 1. The van der Waals surface area contributed by atoms with Crippen molar-refractivity contribution >= 4 is 33.4 Å². The maximum Gasteiger partial charge on any atom is 0.365 e. The van der Waals surface area contributed by atoms with Gasteiger partial charge in [0.2, 0.25) is 5.78 Å². The summed E-state index contributed by atoms with van der Waals surface area (Å²) in [7, 11) is 0. The third kappa shape index (κ3) is 4.10. The lowest BCUT2D eigenvalue weighted by molar-refractivity contribution is 0.0515. The van der Waals surface area contributed by atoms with Gasteiger partial charge in [0.05, 0.1) is 5.56 Å². The van der Waals surface area contributed by atoms with Crippen molar-refractivity contribution in [1.29, 1.82) is 0 Å². The first-order chi connectivity index (χ1) is 10.1. The van der Waals surface area contributed by atoms with Crippen molar-refractivity contribution in [2.24, 2.45) is 5.16 Å². The van der Waals surface area contributed by atoms with Gasteiger partial charge in [-0.2, -0.15) is 0 Å². The van der Waals surface area contributed by atoms with E-state index in [1.165, 1.54) is 6.92 Å². The molecule has 4 nitrogen and oxygen atoms in total. The number of hydrogen-bond donors (Lipinski definition) is 0. The lowest BCUT2D eigenvalue weighted by atomic mass is 10.1. The lowest BCUT2D eigenvalue weighted by Crippen LogP contribution is -2.12. The molecule has 2 aromatic rings. The summed E-state index contributed by atoms with van der Waals surface area (Å²) in [6.45, 7) is 1.50. The van der Waals surface area contributed by atoms with E-state index in [1.54, 1.807) is 54.6 Å². The van der Waals surface area contributed by atoms with Crippen LogP contribution in [0.4, 0.5) is 0 Å². The van der Waals surface area contributed by atoms with Crippen LogP contribution in [0, 0.1) is 0 Å². The maximum atomic E-state index is 12.1. The number of rotatable bonds is 4. The van der Waals surface area contributed by atoms with Gasteiger partial charge in [0, 0.05) is 10.0 Å². The van der Waals surface area contributed by atoms with Gasteiger partial charge >= 0.3 is 5.97 Å². The minimum Gasteiger partial charge on any atom is -0.312 e. The molecule has 0 aliphatic rings. The number of carbonyl (C=O) groups excluding carboxylic acids is 2. The van der Waals surface area contributed by atoms with Crippen molar-refractivity contribution in [3.8, 4) is 0 Å². The van der Waals surface area contributed by atoms with Crippen LogP contribution in [-0.2, 0) is 4.84 Å². The highest BCUT2D eigenvalue weighted by molar-refractivity contribution is 9.10. The summed E-state index contributed by atoms with van der Waals surface area (Å²) in [6, 6.07) is 15.3. The molecular formula is C16H12BrNO3. The Morgan fingerprint density at radius 2 is 1.57 bits per heavy atom. The Kier molecular flexibility index (Phi) is 5.00. The third-order valence-electron chi connectivity index (χ3n) is 2.71. The van der Waals surface area contributed by atoms with Crippen molar-refractivity contribution in [2.45, 2.75) is 6.92 Å². The van der Waals surface area contributed by atoms with Gasteiger partial charge < -0.3 is 4.84 Å². The Labute approximate surface area is 130 Å². The van der Waals surface area contributed by atoms with Gasteiger partial charge in [-0.25, -0.2) is 4.79 Å². The van der Waals surface area contributed by atoms with Gasteiger partial charge in [-0.1, -0.05) is 39.3 Å². The molecular weight excluding hydrogens is 334 g/mol. The predicted octanol–water partition coefficient (Wildman–Crippen LogP) is 3.86. The quantitative estimate of drug-likeness (QED) is 0.366. The van der Waals surface area contributed by atoms with Gasteiger partial charge in [-0.3, -0.25) is 4.79 Å². The number of Topliss-reactive ketones (excluding diaryl/α,β-unsaturated/α-hetero) is 1. The van der Waals surface area contributed by atoms with Crippen LogP contribution < -0.4 is 0 Å². The van der Waals surface area contributed by atoms with Crippen molar-refractivity contribution in [1.82, 2.24) is 0 Å². The molecule has 0 atom stereocenters.